The van der Waals surface area contributed by atoms with E-state index >= 15 is 0 Å². The largest absolute Gasteiger partial charge is 0.497 e. The van der Waals surface area contributed by atoms with Gasteiger partial charge in [-0.3, -0.25) is 14.4 Å². The maximum atomic E-state index is 12.2. The lowest BCUT2D eigenvalue weighted by Gasteiger charge is -2.26. The first-order chi connectivity index (χ1) is 10.1. The molecule has 0 atom stereocenters. The number of carbonyl (C=O) groups is 3. The average molecular weight is 286 g/mol. The van der Waals surface area contributed by atoms with Crippen molar-refractivity contribution in [3.8, 4) is 5.75 Å². The van der Waals surface area contributed by atoms with Crippen molar-refractivity contribution in [2.75, 3.05) is 7.11 Å². The Hall–Kier alpha value is -1.97. The van der Waals surface area contributed by atoms with Crippen molar-refractivity contribution in [3.63, 3.8) is 0 Å². The van der Waals surface area contributed by atoms with Crippen molar-refractivity contribution in [3.05, 3.63) is 29.8 Å². The number of hydrogen-bond donors (Lipinski definition) is 0. The molecule has 2 aliphatic rings. The number of methoxy groups -OCH3 is 1. The van der Waals surface area contributed by atoms with E-state index in [1.165, 1.54) is 0 Å². The first kappa shape index (κ1) is 14.0. The number of Topliss-reactive ketones (excluding diaryl/α,β-unsaturated/α-hetero) is 3. The molecular weight excluding hydrogens is 268 g/mol. The molecule has 0 aromatic heterocycles. The lowest BCUT2D eigenvalue weighted by molar-refractivity contribution is -0.143. The summed E-state index contributed by atoms with van der Waals surface area (Å²) in [6.45, 7) is 0. The van der Waals surface area contributed by atoms with Gasteiger partial charge in [0.1, 0.15) is 11.7 Å². The molecule has 0 spiro atoms. The number of rotatable bonds is 4. The van der Waals surface area contributed by atoms with Crippen LogP contribution >= 0.6 is 0 Å². The van der Waals surface area contributed by atoms with Crippen LogP contribution in [0.15, 0.2) is 24.3 Å². The fraction of sp³-hybridized carbons (Fsp3) is 0.471. The van der Waals surface area contributed by atoms with E-state index < -0.39 is 5.92 Å². The summed E-state index contributed by atoms with van der Waals surface area (Å²) in [5, 5.41) is 0. The van der Waals surface area contributed by atoms with Crippen molar-refractivity contribution in [2.45, 2.75) is 31.6 Å². The van der Waals surface area contributed by atoms with Gasteiger partial charge in [0.2, 0.25) is 0 Å². The summed E-state index contributed by atoms with van der Waals surface area (Å²) in [5.41, 5.74) is 0.954. The Kier molecular flexibility index (Phi) is 3.62. The van der Waals surface area contributed by atoms with Crippen LogP contribution in [-0.2, 0) is 14.4 Å². The standard InChI is InChI=1S/C17H18O4/c1-21-13-6-4-10(5-7-13)12-8-14(18)16(15(19)9-12)17(20)11-2-3-11/h4-7,11-12,16H,2-3,8-9H2,1H3. The van der Waals surface area contributed by atoms with Gasteiger partial charge in [0.25, 0.3) is 0 Å². The van der Waals surface area contributed by atoms with Crippen LogP contribution in [0.1, 0.15) is 37.2 Å². The van der Waals surface area contributed by atoms with Gasteiger partial charge in [0.05, 0.1) is 7.11 Å². The summed E-state index contributed by atoms with van der Waals surface area (Å²) in [6, 6.07) is 7.41. The number of benzene rings is 1. The Morgan fingerprint density at radius 1 is 1.05 bits per heavy atom. The number of hydrogen-bond acceptors (Lipinski definition) is 4. The molecule has 0 unspecified atom stereocenters. The van der Waals surface area contributed by atoms with Crippen LogP contribution in [0, 0.1) is 11.8 Å². The maximum absolute atomic E-state index is 12.2. The van der Waals surface area contributed by atoms with Crippen molar-refractivity contribution >= 4 is 17.3 Å². The number of carbonyl (C=O) groups excluding carboxylic acids is 3. The zero-order valence-corrected chi connectivity index (χ0v) is 12.0. The van der Waals surface area contributed by atoms with Crippen molar-refractivity contribution in [2.24, 2.45) is 11.8 Å². The first-order valence-corrected chi connectivity index (χ1v) is 7.33. The molecule has 2 saturated carbocycles. The molecule has 110 valence electrons. The number of ketones is 3. The molecule has 2 fully saturated rings. The van der Waals surface area contributed by atoms with E-state index in [1.807, 2.05) is 24.3 Å². The van der Waals surface area contributed by atoms with Gasteiger partial charge < -0.3 is 4.74 Å². The SMILES string of the molecule is COc1ccc(C2CC(=O)C(C(=O)C3CC3)C(=O)C2)cc1. The van der Waals surface area contributed by atoms with E-state index in [2.05, 4.69) is 0 Å². The zero-order valence-electron chi connectivity index (χ0n) is 12.0. The van der Waals surface area contributed by atoms with Gasteiger partial charge in [-0.25, -0.2) is 0 Å². The summed E-state index contributed by atoms with van der Waals surface area (Å²) >= 11 is 0. The van der Waals surface area contributed by atoms with E-state index in [9.17, 15) is 14.4 Å². The molecule has 3 rings (SSSR count). The molecule has 0 saturated heterocycles. The van der Waals surface area contributed by atoms with Crippen LogP contribution in [-0.4, -0.2) is 24.5 Å². The van der Waals surface area contributed by atoms with Gasteiger partial charge in [-0.1, -0.05) is 12.1 Å². The number of ether oxygens (including phenoxy) is 1. The Morgan fingerprint density at radius 3 is 2.10 bits per heavy atom. The zero-order chi connectivity index (χ0) is 15.0. The summed E-state index contributed by atoms with van der Waals surface area (Å²) in [5.74, 6) is -0.938. The second-order valence-electron chi connectivity index (χ2n) is 5.92. The van der Waals surface area contributed by atoms with Gasteiger partial charge in [0, 0.05) is 18.8 Å². The Balaban J connectivity index is 1.74. The Labute approximate surface area is 123 Å². The van der Waals surface area contributed by atoms with Crippen LogP contribution < -0.4 is 4.74 Å². The smallest absolute Gasteiger partial charge is 0.153 e. The predicted molar refractivity (Wildman–Crippen MR) is 76.2 cm³/mol. The summed E-state index contributed by atoms with van der Waals surface area (Å²) < 4.78 is 5.10. The van der Waals surface area contributed by atoms with Crippen LogP contribution in [0.5, 0.6) is 5.75 Å². The third kappa shape index (κ3) is 2.75. The van der Waals surface area contributed by atoms with E-state index in [0.717, 1.165) is 24.2 Å². The maximum Gasteiger partial charge on any atom is 0.153 e. The highest BCUT2D eigenvalue weighted by Crippen LogP contribution is 2.38. The second-order valence-corrected chi connectivity index (χ2v) is 5.92. The predicted octanol–water partition coefficient (Wildman–Crippen LogP) is 2.31. The Bertz CT molecular complexity index is 565. The van der Waals surface area contributed by atoms with E-state index in [1.54, 1.807) is 7.11 Å². The molecule has 0 N–H and O–H groups in total. The molecule has 1 aromatic rings. The Morgan fingerprint density at radius 2 is 1.62 bits per heavy atom. The van der Waals surface area contributed by atoms with Gasteiger partial charge in [-0.2, -0.15) is 0 Å². The molecule has 0 heterocycles. The topological polar surface area (TPSA) is 60.4 Å². The van der Waals surface area contributed by atoms with Crippen molar-refractivity contribution in [1.82, 2.24) is 0 Å². The highest BCUT2D eigenvalue weighted by atomic mass is 16.5. The molecule has 21 heavy (non-hydrogen) atoms. The molecule has 1 aromatic carbocycles. The minimum Gasteiger partial charge on any atom is -0.497 e. The average Bonchev–Trinajstić information content (AvgIpc) is 3.31. The minimum atomic E-state index is -0.980. The van der Waals surface area contributed by atoms with E-state index in [0.29, 0.717) is 0 Å². The lowest BCUT2D eigenvalue weighted by Crippen LogP contribution is -2.38. The molecule has 0 amide bonds. The van der Waals surface area contributed by atoms with E-state index in [4.69, 9.17) is 4.74 Å². The highest BCUT2D eigenvalue weighted by Gasteiger charge is 2.45. The molecule has 0 bridgehead atoms. The highest BCUT2D eigenvalue weighted by molar-refractivity contribution is 6.21. The second kappa shape index (κ2) is 5.43. The molecule has 2 aliphatic carbocycles. The molecule has 4 heteroatoms. The van der Waals surface area contributed by atoms with E-state index in [-0.39, 0.29) is 42.0 Å². The van der Waals surface area contributed by atoms with Crippen LogP contribution in [0.25, 0.3) is 0 Å². The normalized spacial score (nSPS) is 25.8. The quantitative estimate of drug-likeness (QED) is 0.797. The van der Waals surface area contributed by atoms with Gasteiger partial charge in [-0.15, -0.1) is 0 Å². The van der Waals surface area contributed by atoms with Gasteiger partial charge >= 0.3 is 0 Å². The van der Waals surface area contributed by atoms with Crippen molar-refractivity contribution in [1.29, 1.82) is 0 Å². The fourth-order valence-electron chi connectivity index (χ4n) is 3.01. The van der Waals surface area contributed by atoms with Crippen LogP contribution in [0.4, 0.5) is 0 Å². The summed E-state index contributed by atoms with van der Waals surface area (Å²) in [6.07, 6.45) is 2.22. The first-order valence-electron chi connectivity index (χ1n) is 7.33. The monoisotopic (exact) mass is 286 g/mol. The molecule has 0 aliphatic heterocycles. The van der Waals surface area contributed by atoms with Crippen LogP contribution in [0.2, 0.25) is 0 Å². The minimum absolute atomic E-state index is 0.0413. The lowest BCUT2D eigenvalue weighted by atomic mass is 9.74. The molecule has 0 radical (unpaired) electrons. The molecular formula is C17H18O4. The molecule has 4 nitrogen and oxygen atoms in total. The third-order valence-electron chi connectivity index (χ3n) is 4.39. The van der Waals surface area contributed by atoms with Gasteiger partial charge in [0.15, 0.2) is 17.3 Å². The van der Waals surface area contributed by atoms with Crippen LogP contribution in [0.3, 0.4) is 0 Å². The summed E-state index contributed by atoms with van der Waals surface area (Å²) in [7, 11) is 1.59. The summed E-state index contributed by atoms with van der Waals surface area (Å²) in [4.78, 5) is 36.5. The van der Waals surface area contributed by atoms with Gasteiger partial charge in [-0.05, 0) is 36.5 Å². The fourth-order valence-corrected chi connectivity index (χ4v) is 3.01. The van der Waals surface area contributed by atoms with Crippen molar-refractivity contribution < 1.29 is 19.1 Å². The third-order valence-corrected chi connectivity index (χ3v) is 4.39.